The summed E-state index contributed by atoms with van der Waals surface area (Å²) < 4.78 is 12.4. The van der Waals surface area contributed by atoms with Gasteiger partial charge in [0.05, 0.1) is 23.2 Å². The Morgan fingerprint density at radius 2 is 1.75 bits per heavy atom. The number of fused-ring (bicyclic) bond motifs is 1. The van der Waals surface area contributed by atoms with Gasteiger partial charge in [0.1, 0.15) is 23.6 Å². The summed E-state index contributed by atoms with van der Waals surface area (Å²) >= 11 is 0. The summed E-state index contributed by atoms with van der Waals surface area (Å²) in [4.78, 5) is 34.1. The molecule has 0 aliphatic carbocycles. The number of rotatable bonds is 7. The van der Waals surface area contributed by atoms with Crippen LogP contribution in [0.3, 0.4) is 0 Å². The second kappa shape index (κ2) is 11.9. The van der Waals surface area contributed by atoms with Crippen molar-refractivity contribution in [2.24, 2.45) is 0 Å². The highest BCUT2D eigenvalue weighted by molar-refractivity contribution is 6.00. The molecule has 0 saturated carbocycles. The van der Waals surface area contributed by atoms with E-state index in [-0.39, 0.29) is 29.7 Å². The number of amides is 2. The van der Waals surface area contributed by atoms with E-state index in [2.05, 4.69) is 25.8 Å². The minimum absolute atomic E-state index is 0.0979. The standard InChI is InChI=1S/C32H34N8O4/c1-32(2,3)25-16-23(39-44-25)17-26(41)36-21-8-10-24(11-9-21)40-30-27(29(33)34-18-35-30)28(38-40)19-4-6-20(7-5-19)31(42)37-22-12-14-43-15-13-22/h4-11,16,18,22H,12-15,17H2,1-3H3,(H,36,41)(H,37,42)(H2,33,34,35). The van der Waals surface area contributed by atoms with E-state index < -0.39 is 0 Å². The Kier molecular flexibility index (Phi) is 7.83. The van der Waals surface area contributed by atoms with Gasteiger partial charge >= 0.3 is 0 Å². The van der Waals surface area contributed by atoms with Crippen molar-refractivity contribution in [1.82, 2.24) is 30.2 Å². The van der Waals surface area contributed by atoms with Crippen LogP contribution in [0.5, 0.6) is 0 Å². The summed E-state index contributed by atoms with van der Waals surface area (Å²) in [5.41, 5.74) is 10.5. The Morgan fingerprint density at radius 1 is 1.02 bits per heavy atom. The SMILES string of the molecule is CC(C)(C)c1cc(CC(=O)Nc2ccc(-n3nc(-c4ccc(C(=O)NC5CCOCC5)cc4)c4c(N)ncnc43)cc2)no1. The van der Waals surface area contributed by atoms with Crippen LogP contribution in [0.4, 0.5) is 11.5 Å². The normalized spacial score (nSPS) is 14.1. The molecule has 1 aliphatic heterocycles. The van der Waals surface area contributed by atoms with Gasteiger partial charge in [-0.3, -0.25) is 9.59 Å². The molecule has 4 heterocycles. The van der Waals surface area contributed by atoms with Crippen molar-refractivity contribution in [2.45, 2.75) is 51.5 Å². The second-order valence-electron chi connectivity index (χ2n) is 11.9. The predicted octanol–water partition coefficient (Wildman–Crippen LogP) is 4.44. The Bertz CT molecular complexity index is 1800. The molecular weight excluding hydrogens is 560 g/mol. The lowest BCUT2D eigenvalue weighted by molar-refractivity contribution is -0.115. The van der Waals surface area contributed by atoms with E-state index in [1.54, 1.807) is 28.9 Å². The van der Waals surface area contributed by atoms with Gasteiger partial charge in [0.2, 0.25) is 5.91 Å². The molecule has 6 rings (SSSR count). The largest absolute Gasteiger partial charge is 0.383 e. The molecule has 5 aromatic rings. The third-order valence-electron chi connectivity index (χ3n) is 7.51. The molecule has 3 aromatic heterocycles. The maximum Gasteiger partial charge on any atom is 0.251 e. The number of nitrogens with one attached hydrogen (secondary N) is 2. The van der Waals surface area contributed by atoms with Crippen LogP contribution in [0.25, 0.3) is 28.0 Å². The van der Waals surface area contributed by atoms with Gasteiger partial charge in [0.15, 0.2) is 5.65 Å². The molecule has 0 bridgehead atoms. The van der Waals surface area contributed by atoms with Crippen LogP contribution in [0.1, 0.15) is 55.4 Å². The third kappa shape index (κ3) is 6.16. The molecule has 4 N–H and O–H groups in total. The summed E-state index contributed by atoms with van der Waals surface area (Å²) in [6.07, 6.45) is 3.11. The molecule has 1 aliphatic rings. The van der Waals surface area contributed by atoms with Crippen LogP contribution >= 0.6 is 0 Å². The molecule has 0 radical (unpaired) electrons. The fourth-order valence-corrected chi connectivity index (χ4v) is 5.05. The maximum absolute atomic E-state index is 12.8. The topological polar surface area (TPSA) is 163 Å². The molecule has 2 aromatic carbocycles. The van der Waals surface area contributed by atoms with Gasteiger partial charge in [-0.2, -0.15) is 5.10 Å². The van der Waals surface area contributed by atoms with E-state index in [0.29, 0.717) is 52.7 Å². The first-order valence-electron chi connectivity index (χ1n) is 14.5. The van der Waals surface area contributed by atoms with Gasteiger partial charge in [0, 0.05) is 47.6 Å². The van der Waals surface area contributed by atoms with Crippen LogP contribution < -0.4 is 16.4 Å². The van der Waals surface area contributed by atoms with Crippen LogP contribution in [0, 0.1) is 0 Å². The fourth-order valence-electron chi connectivity index (χ4n) is 5.05. The van der Waals surface area contributed by atoms with Crippen LogP contribution in [-0.2, 0) is 21.4 Å². The predicted molar refractivity (Wildman–Crippen MR) is 165 cm³/mol. The number of hydrogen-bond donors (Lipinski definition) is 3. The van der Waals surface area contributed by atoms with Crippen LogP contribution in [0.2, 0.25) is 0 Å². The summed E-state index contributed by atoms with van der Waals surface area (Å²) in [5.74, 6) is 0.698. The van der Waals surface area contributed by atoms with E-state index in [1.807, 2.05) is 51.1 Å². The van der Waals surface area contributed by atoms with Crippen LogP contribution in [0.15, 0.2) is 65.4 Å². The van der Waals surface area contributed by atoms with E-state index in [1.165, 1.54) is 6.33 Å². The molecular formula is C32H34N8O4. The molecule has 0 atom stereocenters. The van der Waals surface area contributed by atoms with Gasteiger partial charge in [0.25, 0.3) is 5.91 Å². The van der Waals surface area contributed by atoms with Crippen molar-refractivity contribution < 1.29 is 18.8 Å². The zero-order valence-electron chi connectivity index (χ0n) is 24.8. The van der Waals surface area contributed by atoms with Crippen molar-refractivity contribution in [1.29, 1.82) is 0 Å². The Labute approximate surface area is 254 Å². The molecule has 12 heteroatoms. The summed E-state index contributed by atoms with van der Waals surface area (Å²) in [5, 5.41) is 15.4. The van der Waals surface area contributed by atoms with Gasteiger partial charge in [-0.05, 0) is 49.2 Å². The number of benzene rings is 2. The zero-order chi connectivity index (χ0) is 30.8. The first-order valence-corrected chi connectivity index (χ1v) is 14.5. The van der Waals surface area contributed by atoms with E-state index in [0.717, 1.165) is 29.9 Å². The van der Waals surface area contributed by atoms with E-state index in [4.69, 9.17) is 20.1 Å². The molecule has 1 saturated heterocycles. The average Bonchev–Trinajstić information content (AvgIpc) is 3.64. The number of carbonyl (C=O) groups excluding carboxylic acids is 2. The third-order valence-corrected chi connectivity index (χ3v) is 7.51. The summed E-state index contributed by atoms with van der Waals surface area (Å²) in [6, 6.07) is 16.4. The molecule has 44 heavy (non-hydrogen) atoms. The van der Waals surface area contributed by atoms with Gasteiger partial charge in [-0.25, -0.2) is 14.6 Å². The van der Waals surface area contributed by atoms with Gasteiger partial charge in [-0.15, -0.1) is 0 Å². The number of nitrogens with two attached hydrogens (primary N) is 1. The van der Waals surface area contributed by atoms with Crippen molar-refractivity contribution in [2.75, 3.05) is 24.3 Å². The fraction of sp³-hybridized carbons (Fsp3) is 0.312. The average molecular weight is 595 g/mol. The molecule has 0 unspecified atom stereocenters. The first-order chi connectivity index (χ1) is 21.2. The number of anilines is 2. The van der Waals surface area contributed by atoms with Crippen molar-refractivity contribution >= 4 is 34.4 Å². The maximum atomic E-state index is 12.8. The molecule has 12 nitrogen and oxygen atoms in total. The monoisotopic (exact) mass is 594 g/mol. The lowest BCUT2D eigenvalue weighted by atomic mass is 9.93. The smallest absolute Gasteiger partial charge is 0.251 e. The van der Waals surface area contributed by atoms with Crippen molar-refractivity contribution in [3.8, 4) is 16.9 Å². The first kappa shape index (κ1) is 29.0. The number of nitrogen functional groups attached to an aromatic ring is 1. The Morgan fingerprint density at radius 3 is 2.43 bits per heavy atom. The minimum atomic E-state index is -0.205. The van der Waals surface area contributed by atoms with Crippen LogP contribution in [-0.4, -0.2) is 56.0 Å². The lowest BCUT2D eigenvalue weighted by Crippen LogP contribution is -2.38. The highest BCUT2D eigenvalue weighted by Crippen LogP contribution is 2.32. The molecule has 2 amide bonds. The summed E-state index contributed by atoms with van der Waals surface area (Å²) in [6.45, 7) is 7.38. The highest BCUT2D eigenvalue weighted by Gasteiger charge is 2.22. The quantitative estimate of drug-likeness (QED) is 0.247. The minimum Gasteiger partial charge on any atom is -0.383 e. The Hall–Kier alpha value is -5.10. The highest BCUT2D eigenvalue weighted by atomic mass is 16.5. The summed E-state index contributed by atoms with van der Waals surface area (Å²) in [7, 11) is 0. The van der Waals surface area contributed by atoms with Gasteiger partial charge < -0.3 is 25.6 Å². The van der Waals surface area contributed by atoms with Crippen molar-refractivity contribution in [3.05, 3.63) is 77.9 Å². The van der Waals surface area contributed by atoms with Crippen molar-refractivity contribution in [3.63, 3.8) is 0 Å². The van der Waals surface area contributed by atoms with E-state index >= 15 is 0 Å². The number of hydrogen-bond acceptors (Lipinski definition) is 9. The molecule has 0 spiro atoms. The molecule has 226 valence electrons. The molecule has 1 fully saturated rings. The lowest BCUT2D eigenvalue weighted by Gasteiger charge is -2.23. The number of nitrogens with zero attached hydrogens (tertiary/aromatic N) is 5. The van der Waals surface area contributed by atoms with E-state index in [9.17, 15) is 9.59 Å². The number of carbonyl (C=O) groups is 2. The Balaban J connectivity index is 1.20. The van der Waals surface area contributed by atoms with Gasteiger partial charge in [-0.1, -0.05) is 38.1 Å². The zero-order valence-corrected chi connectivity index (χ0v) is 24.8. The number of ether oxygens (including phenoxy) is 1. The second-order valence-corrected chi connectivity index (χ2v) is 11.9. The number of aromatic nitrogens is 5.